The number of amides is 1. The molecule has 2 heterocycles. The number of aliphatic hydroxyl groups is 1. The van der Waals surface area contributed by atoms with Crippen LogP contribution in [0.2, 0.25) is 0 Å². The first kappa shape index (κ1) is 22.0. The second-order valence-electron chi connectivity index (χ2n) is 8.31. The van der Waals surface area contributed by atoms with E-state index in [2.05, 4.69) is 20.2 Å². The second kappa shape index (κ2) is 9.93. The Kier molecular flexibility index (Phi) is 6.82. The number of aliphatic hydroxyl groups excluding tert-OH is 1. The van der Waals surface area contributed by atoms with Gasteiger partial charge in [-0.25, -0.2) is 4.98 Å². The van der Waals surface area contributed by atoms with E-state index in [1.54, 1.807) is 6.20 Å². The molecule has 1 aliphatic rings. The van der Waals surface area contributed by atoms with E-state index in [1.807, 2.05) is 67.5 Å². The van der Waals surface area contributed by atoms with Crippen LogP contribution >= 0.6 is 0 Å². The van der Waals surface area contributed by atoms with E-state index in [4.69, 9.17) is 4.74 Å². The maximum atomic E-state index is 12.7. The van der Waals surface area contributed by atoms with Crippen molar-refractivity contribution in [3.8, 4) is 6.01 Å². The van der Waals surface area contributed by atoms with Crippen LogP contribution in [0.15, 0.2) is 54.7 Å². The molecule has 3 aromatic rings. The number of benzene rings is 2. The van der Waals surface area contributed by atoms with Gasteiger partial charge >= 0.3 is 6.01 Å². The molecule has 2 aromatic carbocycles. The summed E-state index contributed by atoms with van der Waals surface area (Å²) in [5.74, 6) is -0.245. The lowest BCUT2D eigenvalue weighted by Crippen LogP contribution is -2.39. The number of fused-ring (bicyclic) bond motifs is 1. The first-order chi connectivity index (χ1) is 15.5. The Bertz CT molecular complexity index is 1060. The minimum absolute atomic E-state index is 0.171. The molecular formula is C24H29N5O3. The molecule has 2 atom stereocenters. The van der Waals surface area contributed by atoms with Crippen molar-refractivity contribution < 1.29 is 14.6 Å². The molecule has 0 saturated carbocycles. The normalized spacial score (nSPS) is 17.3. The highest BCUT2D eigenvalue weighted by molar-refractivity contribution is 5.82. The van der Waals surface area contributed by atoms with E-state index in [0.29, 0.717) is 13.1 Å². The van der Waals surface area contributed by atoms with Gasteiger partial charge in [0.1, 0.15) is 0 Å². The molecule has 0 unspecified atom stereocenters. The Balaban J connectivity index is 1.39. The highest BCUT2D eigenvalue weighted by Crippen LogP contribution is 2.21. The first-order valence-corrected chi connectivity index (χ1v) is 10.8. The number of aromatic nitrogens is 2. The van der Waals surface area contributed by atoms with Crippen molar-refractivity contribution in [3.05, 3.63) is 60.3 Å². The van der Waals surface area contributed by atoms with Gasteiger partial charge < -0.3 is 20.1 Å². The van der Waals surface area contributed by atoms with Crippen LogP contribution in [0.5, 0.6) is 6.01 Å². The summed E-state index contributed by atoms with van der Waals surface area (Å²) in [4.78, 5) is 25.5. The highest BCUT2D eigenvalue weighted by Gasteiger charge is 2.25. The number of nitrogens with one attached hydrogen (secondary N) is 1. The summed E-state index contributed by atoms with van der Waals surface area (Å²) < 4.78 is 5.58. The molecule has 1 fully saturated rings. The topological polar surface area (TPSA) is 90.8 Å². The second-order valence-corrected chi connectivity index (χ2v) is 8.31. The van der Waals surface area contributed by atoms with Crippen molar-refractivity contribution in [3.63, 3.8) is 0 Å². The molecule has 8 heteroatoms. The monoisotopic (exact) mass is 435 g/mol. The molecule has 0 aliphatic carbocycles. The van der Waals surface area contributed by atoms with Crippen LogP contribution in [0.1, 0.15) is 18.0 Å². The van der Waals surface area contributed by atoms with Gasteiger partial charge in [-0.3, -0.25) is 9.69 Å². The molecule has 4 rings (SSSR count). The predicted molar refractivity (Wildman–Crippen MR) is 124 cm³/mol. The maximum absolute atomic E-state index is 12.7. The van der Waals surface area contributed by atoms with Gasteiger partial charge in [0.15, 0.2) is 6.61 Å². The lowest BCUT2D eigenvalue weighted by Gasteiger charge is -2.25. The highest BCUT2D eigenvalue weighted by atomic mass is 16.5. The number of hydrogen-bond donors (Lipinski definition) is 2. The zero-order chi connectivity index (χ0) is 22.5. The standard InChI is InChI=1S/C24H29N5O3/c1-28(2)19-8-9-21-18(12-19)13-25-24(27-21)32-16-23(31)26-22(17-6-4-3-5-7-17)15-29-11-10-20(30)14-29/h3-9,12-13,20,22,30H,10-11,14-16H2,1-2H3,(H,26,31)/t20-,22+/m0/s1. The van der Waals surface area contributed by atoms with E-state index < -0.39 is 0 Å². The minimum Gasteiger partial charge on any atom is -0.453 e. The number of anilines is 1. The number of hydrogen-bond acceptors (Lipinski definition) is 7. The van der Waals surface area contributed by atoms with E-state index in [-0.39, 0.29) is 30.7 Å². The van der Waals surface area contributed by atoms with E-state index >= 15 is 0 Å². The third kappa shape index (κ3) is 5.52. The maximum Gasteiger partial charge on any atom is 0.317 e. The Labute approximate surface area is 187 Å². The molecule has 1 aliphatic heterocycles. The quantitative estimate of drug-likeness (QED) is 0.559. The largest absolute Gasteiger partial charge is 0.453 e. The molecule has 0 bridgehead atoms. The van der Waals surface area contributed by atoms with Crippen molar-refractivity contribution in [2.24, 2.45) is 0 Å². The van der Waals surface area contributed by atoms with E-state index in [0.717, 1.165) is 35.1 Å². The Morgan fingerprint density at radius 3 is 2.81 bits per heavy atom. The minimum atomic E-state index is -0.302. The smallest absolute Gasteiger partial charge is 0.317 e. The fraction of sp³-hybridized carbons (Fsp3) is 0.375. The summed E-state index contributed by atoms with van der Waals surface area (Å²) in [6.07, 6.45) is 2.16. The lowest BCUT2D eigenvalue weighted by atomic mass is 10.1. The van der Waals surface area contributed by atoms with Gasteiger partial charge in [0.05, 0.1) is 17.7 Å². The molecule has 32 heavy (non-hydrogen) atoms. The number of nitrogens with zero attached hydrogens (tertiary/aromatic N) is 4. The molecule has 0 radical (unpaired) electrons. The van der Waals surface area contributed by atoms with Gasteiger partial charge in [-0.1, -0.05) is 30.3 Å². The Morgan fingerprint density at radius 1 is 1.28 bits per heavy atom. The van der Waals surface area contributed by atoms with Crippen molar-refractivity contribution in [2.75, 3.05) is 45.2 Å². The molecule has 1 aromatic heterocycles. The summed E-state index contributed by atoms with van der Waals surface area (Å²) in [6, 6.07) is 15.7. The third-order valence-electron chi connectivity index (χ3n) is 5.62. The zero-order valence-electron chi connectivity index (χ0n) is 18.4. The number of rotatable bonds is 8. The SMILES string of the molecule is CN(C)c1ccc2nc(OCC(=O)N[C@H](CN3CC[C@H](O)C3)c3ccccc3)ncc2c1. The van der Waals surface area contributed by atoms with Gasteiger partial charge in [0, 0.05) is 51.0 Å². The van der Waals surface area contributed by atoms with Crippen LogP contribution in [0.3, 0.4) is 0 Å². The number of carbonyl (C=O) groups is 1. The third-order valence-corrected chi connectivity index (χ3v) is 5.62. The summed E-state index contributed by atoms with van der Waals surface area (Å²) in [7, 11) is 3.96. The fourth-order valence-corrected chi connectivity index (χ4v) is 3.87. The van der Waals surface area contributed by atoms with Crippen LogP contribution in [-0.4, -0.2) is 72.3 Å². The molecule has 1 amide bonds. The number of likely N-dealkylation sites (tertiary alicyclic amines) is 1. The zero-order valence-corrected chi connectivity index (χ0v) is 18.4. The molecule has 0 spiro atoms. The van der Waals surface area contributed by atoms with E-state index in [9.17, 15) is 9.90 Å². The first-order valence-electron chi connectivity index (χ1n) is 10.8. The van der Waals surface area contributed by atoms with Crippen LogP contribution in [0.25, 0.3) is 10.9 Å². The van der Waals surface area contributed by atoms with Gasteiger partial charge in [-0.05, 0) is 30.2 Å². The molecule has 168 valence electrons. The summed E-state index contributed by atoms with van der Waals surface area (Å²) >= 11 is 0. The molecule has 8 nitrogen and oxygen atoms in total. The molecule has 2 N–H and O–H groups in total. The van der Waals surface area contributed by atoms with Gasteiger partial charge in [0.2, 0.25) is 0 Å². The summed E-state index contributed by atoms with van der Waals surface area (Å²) in [5.41, 5.74) is 2.84. The van der Waals surface area contributed by atoms with Crippen molar-refractivity contribution >= 4 is 22.5 Å². The molecule has 1 saturated heterocycles. The number of ether oxygens (including phenoxy) is 1. The lowest BCUT2D eigenvalue weighted by molar-refractivity contribution is -0.124. The van der Waals surface area contributed by atoms with E-state index in [1.165, 1.54) is 0 Å². The van der Waals surface area contributed by atoms with Crippen molar-refractivity contribution in [2.45, 2.75) is 18.6 Å². The number of carbonyl (C=O) groups excluding carboxylic acids is 1. The van der Waals surface area contributed by atoms with Crippen LogP contribution in [0, 0.1) is 0 Å². The van der Waals surface area contributed by atoms with Crippen LogP contribution in [-0.2, 0) is 4.79 Å². The summed E-state index contributed by atoms with van der Waals surface area (Å²) in [6.45, 7) is 1.90. The van der Waals surface area contributed by atoms with Gasteiger partial charge in [-0.2, -0.15) is 4.98 Å². The Morgan fingerprint density at radius 2 is 2.09 bits per heavy atom. The Hall–Kier alpha value is -3.23. The van der Waals surface area contributed by atoms with Gasteiger partial charge in [0.25, 0.3) is 5.91 Å². The van der Waals surface area contributed by atoms with Crippen molar-refractivity contribution in [1.29, 1.82) is 0 Å². The number of β-amino-alcohol motifs (C(OH)–C–C–N with tert-alkyl or cyclic N) is 1. The van der Waals surface area contributed by atoms with Crippen molar-refractivity contribution in [1.82, 2.24) is 20.2 Å². The van der Waals surface area contributed by atoms with Crippen LogP contribution < -0.4 is 15.0 Å². The molecular weight excluding hydrogens is 406 g/mol. The fourth-order valence-electron chi connectivity index (χ4n) is 3.87. The summed E-state index contributed by atoms with van der Waals surface area (Å²) in [5, 5.41) is 13.8. The van der Waals surface area contributed by atoms with Crippen LogP contribution in [0.4, 0.5) is 5.69 Å². The average Bonchev–Trinajstić information content (AvgIpc) is 3.21. The average molecular weight is 436 g/mol. The predicted octanol–water partition coefficient (Wildman–Crippen LogP) is 2.00. The van der Waals surface area contributed by atoms with Gasteiger partial charge in [-0.15, -0.1) is 0 Å².